The molecule has 1 unspecified atom stereocenters. The number of nitriles is 1. The molecule has 2 rings (SSSR count). The normalized spacial score (nSPS) is 22.1. The highest BCUT2D eigenvalue weighted by molar-refractivity contribution is 7.91. The van der Waals surface area contributed by atoms with Gasteiger partial charge in [-0.15, -0.1) is 0 Å². The number of aromatic nitrogens is 1. The summed E-state index contributed by atoms with van der Waals surface area (Å²) in [4.78, 5) is 4.26. The maximum atomic E-state index is 11.5. The largest absolute Gasteiger partial charge is 0.365 e. The van der Waals surface area contributed by atoms with Crippen molar-refractivity contribution in [2.24, 2.45) is 0 Å². The number of nitrogens with one attached hydrogen (secondary N) is 1. The van der Waals surface area contributed by atoms with Crippen molar-refractivity contribution in [3.05, 3.63) is 23.4 Å². The molecule has 1 saturated heterocycles. The van der Waals surface area contributed by atoms with Crippen molar-refractivity contribution >= 4 is 15.7 Å². The molecule has 5 nitrogen and oxygen atoms in total. The van der Waals surface area contributed by atoms with Crippen LogP contribution >= 0.6 is 0 Å². The lowest BCUT2D eigenvalue weighted by atomic mass is 10.1. The minimum atomic E-state index is -2.95. The van der Waals surface area contributed by atoms with Crippen molar-refractivity contribution in [3.8, 4) is 6.07 Å². The molecule has 0 aromatic carbocycles. The number of aryl methyl sites for hydroxylation is 1. The molecule has 0 saturated carbocycles. The molecule has 1 atom stereocenters. The second kappa shape index (κ2) is 4.94. The van der Waals surface area contributed by atoms with Crippen molar-refractivity contribution in [2.75, 3.05) is 16.8 Å². The molecule has 0 spiro atoms. The average Bonchev–Trinajstić information content (AvgIpc) is 2.28. The van der Waals surface area contributed by atoms with Gasteiger partial charge in [0.05, 0.1) is 17.1 Å². The van der Waals surface area contributed by atoms with Crippen LogP contribution in [0.4, 0.5) is 5.82 Å². The van der Waals surface area contributed by atoms with Gasteiger partial charge in [-0.25, -0.2) is 13.4 Å². The molecule has 1 aromatic heterocycles. The highest BCUT2D eigenvalue weighted by Crippen LogP contribution is 2.19. The van der Waals surface area contributed by atoms with Gasteiger partial charge in [0, 0.05) is 11.7 Å². The van der Waals surface area contributed by atoms with Crippen LogP contribution < -0.4 is 5.32 Å². The van der Waals surface area contributed by atoms with Gasteiger partial charge in [-0.05, 0) is 31.9 Å². The first-order valence-corrected chi connectivity index (χ1v) is 7.67. The molecule has 18 heavy (non-hydrogen) atoms. The summed E-state index contributed by atoms with van der Waals surface area (Å²) < 4.78 is 23.1. The summed E-state index contributed by atoms with van der Waals surface area (Å²) in [6.45, 7) is 1.84. The molecule has 1 aromatic rings. The Balaban J connectivity index is 2.19. The van der Waals surface area contributed by atoms with E-state index in [-0.39, 0.29) is 17.5 Å². The van der Waals surface area contributed by atoms with E-state index >= 15 is 0 Å². The molecule has 1 N–H and O–H groups in total. The summed E-state index contributed by atoms with van der Waals surface area (Å²) in [6, 6.07) is 5.37. The third-order valence-electron chi connectivity index (χ3n) is 2.96. The van der Waals surface area contributed by atoms with Gasteiger partial charge in [0.1, 0.15) is 11.9 Å². The first-order chi connectivity index (χ1) is 8.50. The van der Waals surface area contributed by atoms with Gasteiger partial charge >= 0.3 is 0 Å². The van der Waals surface area contributed by atoms with Gasteiger partial charge in [-0.3, -0.25) is 0 Å². The molecule has 96 valence electrons. The van der Waals surface area contributed by atoms with Crippen LogP contribution in [0.1, 0.15) is 24.1 Å². The van der Waals surface area contributed by atoms with Gasteiger partial charge in [0.15, 0.2) is 9.84 Å². The zero-order valence-corrected chi connectivity index (χ0v) is 11.0. The number of anilines is 1. The summed E-state index contributed by atoms with van der Waals surface area (Å²) in [6.07, 6.45) is 1.45. The summed E-state index contributed by atoms with van der Waals surface area (Å²) in [5, 5.41) is 12.1. The Bertz CT molecular complexity index is 590. The molecule has 0 aliphatic carbocycles. The fourth-order valence-corrected chi connectivity index (χ4v) is 3.72. The first-order valence-electron chi connectivity index (χ1n) is 5.85. The van der Waals surface area contributed by atoms with Gasteiger partial charge in [0.25, 0.3) is 0 Å². The van der Waals surface area contributed by atoms with Crippen molar-refractivity contribution in [1.82, 2.24) is 4.98 Å². The van der Waals surface area contributed by atoms with E-state index in [4.69, 9.17) is 5.26 Å². The maximum absolute atomic E-state index is 11.5. The van der Waals surface area contributed by atoms with Crippen LogP contribution in [-0.2, 0) is 9.84 Å². The number of pyridine rings is 1. The van der Waals surface area contributed by atoms with Crippen molar-refractivity contribution in [1.29, 1.82) is 5.26 Å². The maximum Gasteiger partial charge on any atom is 0.152 e. The highest BCUT2D eigenvalue weighted by atomic mass is 32.2. The second-order valence-corrected chi connectivity index (χ2v) is 6.79. The van der Waals surface area contributed by atoms with Crippen molar-refractivity contribution in [3.63, 3.8) is 0 Å². The lowest BCUT2D eigenvalue weighted by Crippen LogP contribution is -2.35. The van der Waals surface area contributed by atoms with E-state index in [2.05, 4.69) is 16.4 Å². The fourth-order valence-electron chi connectivity index (χ4n) is 2.09. The van der Waals surface area contributed by atoms with Crippen LogP contribution in [0.2, 0.25) is 0 Å². The number of hydrogen-bond donors (Lipinski definition) is 1. The summed E-state index contributed by atoms with van der Waals surface area (Å²) >= 11 is 0. The van der Waals surface area contributed by atoms with E-state index in [1.807, 2.05) is 6.92 Å². The highest BCUT2D eigenvalue weighted by Gasteiger charge is 2.25. The minimum absolute atomic E-state index is 0.119. The molecule has 2 heterocycles. The van der Waals surface area contributed by atoms with Crippen LogP contribution in [0.15, 0.2) is 12.1 Å². The fraction of sp³-hybridized carbons (Fsp3) is 0.500. The molecule has 1 aliphatic rings. The molecule has 1 aliphatic heterocycles. The predicted molar refractivity (Wildman–Crippen MR) is 69.0 cm³/mol. The van der Waals surface area contributed by atoms with E-state index < -0.39 is 9.84 Å². The quantitative estimate of drug-likeness (QED) is 0.870. The van der Waals surface area contributed by atoms with E-state index in [1.165, 1.54) is 0 Å². The number of hydrogen-bond acceptors (Lipinski definition) is 5. The Morgan fingerprint density at radius 2 is 2.28 bits per heavy atom. The molecular weight excluding hydrogens is 250 g/mol. The summed E-state index contributed by atoms with van der Waals surface area (Å²) in [7, 11) is -2.95. The van der Waals surface area contributed by atoms with Gasteiger partial charge in [-0.2, -0.15) is 5.26 Å². The van der Waals surface area contributed by atoms with Crippen molar-refractivity contribution in [2.45, 2.75) is 25.8 Å². The number of sulfone groups is 1. The number of nitrogens with zero attached hydrogens (tertiary/aromatic N) is 2. The Morgan fingerprint density at radius 3 is 2.94 bits per heavy atom. The summed E-state index contributed by atoms with van der Waals surface area (Å²) in [5.74, 6) is 0.866. The van der Waals surface area contributed by atoms with Crippen LogP contribution in [0.3, 0.4) is 0 Å². The molecule has 6 heteroatoms. The lowest BCUT2D eigenvalue weighted by molar-refractivity contribution is 0.561. The van der Waals surface area contributed by atoms with Crippen molar-refractivity contribution < 1.29 is 8.42 Å². The Hall–Kier alpha value is -1.61. The van der Waals surface area contributed by atoms with Gasteiger partial charge in [-0.1, -0.05) is 0 Å². The number of rotatable bonds is 2. The SMILES string of the molecule is Cc1ccc(C#N)c(NC2CCCS(=O)(=O)C2)n1. The first kappa shape index (κ1) is 12.8. The van der Waals surface area contributed by atoms with Crippen LogP contribution in [0.5, 0.6) is 0 Å². The van der Waals surface area contributed by atoms with Crippen LogP contribution in [0.25, 0.3) is 0 Å². The van der Waals surface area contributed by atoms with E-state index in [9.17, 15) is 8.42 Å². The van der Waals surface area contributed by atoms with E-state index in [0.29, 0.717) is 17.8 Å². The monoisotopic (exact) mass is 265 g/mol. The minimum Gasteiger partial charge on any atom is -0.365 e. The second-order valence-electron chi connectivity index (χ2n) is 4.56. The Kier molecular flexibility index (Phi) is 3.53. The zero-order valence-electron chi connectivity index (χ0n) is 10.2. The predicted octanol–water partition coefficient (Wildman–Crippen LogP) is 1.25. The van der Waals surface area contributed by atoms with Crippen LogP contribution in [0, 0.1) is 18.3 Å². The van der Waals surface area contributed by atoms with Crippen LogP contribution in [-0.4, -0.2) is 30.9 Å². The third kappa shape index (κ3) is 2.99. The molecule has 0 radical (unpaired) electrons. The molecule has 0 bridgehead atoms. The smallest absolute Gasteiger partial charge is 0.152 e. The third-order valence-corrected chi connectivity index (χ3v) is 4.78. The summed E-state index contributed by atoms with van der Waals surface area (Å²) in [5.41, 5.74) is 1.25. The topological polar surface area (TPSA) is 82.9 Å². The van der Waals surface area contributed by atoms with Gasteiger partial charge < -0.3 is 5.32 Å². The van der Waals surface area contributed by atoms with E-state index in [0.717, 1.165) is 12.1 Å². The average molecular weight is 265 g/mol. The Labute approximate surface area is 107 Å². The molecule has 1 fully saturated rings. The lowest BCUT2D eigenvalue weighted by Gasteiger charge is -2.23. The molecule has 0 amide bonds. The van der Waals surface area contributed by atoms with E-state index in [1.54, 1.807) is 12.1 Å². The molecular formula is C12H15N3O2S. The standard InChI is InChI=1S/C12H15N3O2S/c1-9-4-5-10(7-13)12(14-9)15-11-3-2-6-18(16,17)8-11/h4-5,11H,2-3,6,8H2,1H3,(H,14,15). The Morgan fingerprint density at radius 1 is 1.50 bits per heavy atom. The zero-order chi connectivity index (χ0) is 13.2. The van der Waals surface area contributed by atoms with Gasteiger partial charge in [0.2, 0.25) is 0 Å².